The molecule has 3 heteroatoms. The number of nitrogens with two attached hydrogens (primary N) is 1. The number of allylic oxidation sites excluding steroid dienone is 1. The molecule has 1 aliphatic heterocycles. The van der Waals surface area contributed by atoms with Gasteiger partial charge in [0.25, 0.3) is 0 Å². The molecule has 3 nitrogen and oxygen atoms in total. The van der Waals surface area contributed by atoms with Crippen LogP contribution in [0.15, 0.2) is 29.8 Å². The molecule has 0 saturated carbocycles. The molecular formula is C16H24N2O. The van der Waals surface area contributed by atoms with Crippen molar-refractivity contribution in [3.05, 3.63) is 35.4 Å². The van der Waals surface area contributed by atoms with E-state index in [2.05, 4.69) is 30.4 Å². The number of rotatable bonds is 4. The molecule has 1 unspecified atom stereocenters. The van der Waals surface area contributed by atoms with E-state index in [0.29, 0.717) is 0 Å². The highest BCUT2D eigenvalue weighted by Gasteiger charge is 2.14. The number of hydrogen-bond acceptors (Lipinski definition) is 3. The van der Waals surface area contributed by atoms with E-state index in [9.17, 15) is 0 Å². The van der Waals surface area contributed by atoms with Gasteiger partial charge in [-0.2, -0.15) is 0 Å². The molecule has 0 aliphatic carbocycles. The summed E-state index contributed by atoms with van der Waals surface area (Å²) in [6.07, 6.45) is 3.25. The fraction of sp³-hybridized carbons (Fsp3) is 0.500. The van der Waals surface area contributed by atoms with E-state index in [1.807, 2.05) is 6.07 Å². The molecule has 1 atom stereocenters. The number of ether oxygens (including phenoxy) is 1. The van der Waals surface area contributed by atoms with Crippen LogP contribution in [0.5, 0.6) is 5.75 Å². The molecule has 19 heavy (non-hydrogen) atoms. The fourth-order valence-electron chi connectivity index (χ4n) is 2.66. The van der Waals surface area contributed by atoms with Gasteiger partial charge in [0, 0.05) is 12.6 Å². The molecule has 0 radical (unpaired) electrons. The smallest absolute Gasteiger partial charge is 0.119 e. The zero-order valence-electron chi connectivity index (χ0n) is 11.9. The molecule has 104 valence electrons. The van der Waals surface area contributed by atoms with Gasteiger partial charge in [-0.05, 0) is 56.0 Å². The van der Waals surface area contributed by atoms with Gasteiger partial charge < -0.3 is 15.8 Å². The van der Waals surface area contributed by atoms with Gasteiger partial charge in [0.1, 0.15) is 5.75 Å². The zero-order valence-corrected chi connectivity index (χ0v) is 11.9. The minimum absolute atomic E-state index is 0.204. The van der Waals surface area contributed by atoms with Gasteiger partial charge >= 0.3 is 0 Å². The maximum absolute atomic E-state index is 5.98. The molecule has 0 amide bonds. The van der Waals surface area contributed by atoms with Crippen LogP contribution in [-0.4, -0.2) is 26.2 Å². The first kappa shape index (κ1) is 14.1. The summed E-state index contributed by atoms with van der Waals surface area (Å²) in [4.78, 5) is 0. The molecule has 0 bridgehead atoms. The molecule has 3 N–H and O–H groups in total. The average Bonchev–Trinajstić information content (AvgIpc) is 2.63. The molecule has 1 heterocycles. The van der Waals surface area contributed by atoms with Crippen molar-refractivity contribution in [1.29, 1.82) is 0 Å². The van der Waals surface area contributed by atoms with Gasteiger partial charge in [0.15, 0.2) is 0 Å². The van der Waals surface area contributed by atoms with E-state index in [0.717, 1.165) is 31.7 Å². The number of nitrogens with one attached hydrogen (secondary N) is 1. The van der Waals surface area contributed by atoms with Gasteiger partial charge in [0.2, 0.25) is 0 Å². The largest absolute Gasteiger partial charge is 0.497 e. The average molecular weight is 260 g/mol. The van der Waals surface area contributed by atoms with Crippen LogP contribution in [0.25, 0.3) is 5.57 Å². The Morgan fingerprint density at radius 1 is 1.42 bits per heavy atom. The lowest BCUT2D eigenvalue weighted by Gasteiger charge is -2.16. The molecular weight excluding hydrogens is 236 g/mol. The van der Waals surface area contributed by atoms with Crippen LogP contribution >= 0.6 is 0 Å². The Labute approximate surface area is 115 Å². The third kappa shape index (κ3) is 3.82. The zero-order chi connectivity index (χ0) is 13.7. The van der Waals surface area contributed by atoms with E-state index in [1.165, 1.54) is 23.1 Å². The number of hydrogen-bond donors (Lipinski definition) is 2. The van der Waals surface area contributed by atoms with E-state index >= 15 is 0 Å². The molecule has 1 aromatic carbocycles. The molecule has 2 rings (SSSR count). The Hall–Kier alpha value is -1.32. The van der Waals surface area contributed by atoms with Crippen LogP contribution in [0, 0.1) is 0 Å². The van der Waals surface area contributed by atoms with Crippen molar-refractivity contribution < 1.29 is 4.74 Å². The third-order valence-corrected chi connectivity index (χ3v) is 3.53. The molecule has 0 saturated heterocycles. The summed E-state index contributed by atoms with van der Waals surface area (Å²) in [5, 5.41) is 3.49. The summed E-state index contributed by atoms with van der Waals surface area (Å²) < 4.78 is 5.33. The van der Waals surface area contributed by atoms with Crippen LogP contribution in [0.4, 0.5) is 0 Å². The second kappa shape index (κ2) is 6.73. The minimum Gasteiger partial charge on any atom is -0.497 e. The topological polar surface area (TPSA) is 47.3 Å². The predicted molar refractivity (Wildman–Crippen MR) is 80.3 cm³/mol. The van der Waals surface area contributed by atoms with Gasteiger partial charge in [-0.25, -0.2) is 0 Å². The van der Waals surface area contributed by atoms with Crippen molar-refractivity contribution in [3.8, 4) is 5.75 Å². The normalized spacial score (nSPS) is 18.1. The van der Waals surface area contributed by atoms with Crippen molar-refractivity contribution >= 4 is 5.57 Å². The Kier molecular flexibility index (Phi) is 5.00. The molecule has 1 aromatic rings. The van der Waals surface area contributed by atoms with Crippen LogP contribution in [0.1, 0.15) is 31.7 Å². The highest BCUT2D eigenvalue weighted by Crippen LogP contribution is 2.29. The second-order valence-electron chi connectivity index (χ2n) is 5.28. The summed E-state index contributed by atoms with van der Waals surface area (Å²) >= 11 is 0. The Balaban J connectivity index is 2.36. The molecule has 0 fully saturated rings. The van der Waals surface area contributed by atoms with E-state index in [-0.39, 0.29) is 6.04 Å². The van der Waals surface area contributed by atoms with Gasteiger partial charge in [-0.1, -0.05) is 17.7 Å². The highest BCUT2D eigenvalue weighted by molar-refractivity contribution is 5.70. The predicted octanol–water partition coefficient (Wildman–Crippen LogP) is 2.57. The first-order valence-electron chi connectivity index (χ1n) is 7.02. The van der Waals surface area contributed by atoms with Crippen LogP contribution in [0.2, 0.25) is 0 Å². The van der Waals surface area contributed by atoms with Crippen molar-refractivity contribution in [2.24, 2.45) is 5.73 Å². The van der Waals surface area contributed by atoms with Crippen molar-refractivity contribution in [1.82, 2.24) is 5.32 Å². The first-order valence-corrected chi connectivity index (χ1v) is 7.02. The van der Waals surface area contributed by atoms with Gasteiger partial charge in [-0.15, -0.1) is 0 Å². The number of benzene rings is 1. The van der Waals surface area contributed by atoms with E-state index in [1.54, 1.807) is 7.11 Å². The highest BCUT2D eigenvalue weighted by atomic mass is 16.5. The maximum Gasteiger partial charge on any atom is 0.119 e. The standard InChI is InChI=1S/C16H24N2O/c1-12(17)9-14-11-18-8-4-7-16(14)13-5-3-6-15(10-13)19-2/h3,5-6,10,12,18H,4,7-9,11,17H2,1-2H3. The summed E-state index contributed by atoms with van der Waals surface area (Å²) in [6, 6.07) is 8.55. The summed E-state index contributed by atoms with van der Waals surface area (Å²) in [7, 11) is 1.71. The first-order chi connectivity index (χ1) is 9.20. The second-order valence-corrected chi connectivity index (χ2v) is 5.28. The minimum atomic E-state index is 0.204. The summed E-state index contributed by atoms with van der Waals surface area (Å²) in [6.45, 7) is 4.10. The van der Waals surface area contributed by atoms with Crippen molar-refractivity contribution in [2.75, 3.05) is 20.2 Å². The summed E-state index contributed by atoms with van der Waals surface area (Å²) in [5.74, 6) is 0.919. The summed E-state index contributed by atoms with van der Waals surface area (Å²) in [5.41, 5.74) is 10.2. The molecule has 0 aromatic heterocycles. The van der Waals surface area contributed by atoms with Gasteiger partial charge in [0.05, 0.1) is 7.11 Å². The van der Waals surface area contributed by atoms with Crippen LogP contribution in [-0.2, 0) is 0 Å². The lowest BCUT2D eigenvalue weighted by molar-refractivity contribution is 0.414. The van der Waals surface area contributed by atoms with Gasteiger partial charge in [-0.3, -0.25) is 0 Å². The fourth-order valence-corrected chi connectivity index (χ4v) is 2.66. The van der Waals surface area contributed by atoms with E-state index < -0.39 is 0 Å². The molecule has 0 spiro atoms. The monoisotopic (exact) mass is 260 g/mol. The lowest BCUT2D eigenvalue weighted by atomic mass is 9.93. The van der Waals surface area contributed by atoms with Crippen molar-refractivity contribution in [3.63, 3.8) is 0 Å². The Morgan fingerprint density at radius 2 is 2.26 bits per heavy atom. The Morgan fingerprint density at radius 3 is 3.00 bits per heavy atom. The van der Waals surface area contributed by atoms with Crippen LogP contribution < -0.4 is 15.8 Å². The van der Waals surface area contributed by atoms with Crippen LogP contribution in [0.3, 0.4) is 0 Å². The lowest BCUT2D eigenvalue weighted by Crippen LogP contribution is -2.22. The third-order valence-electron chi connectivity index (χ3n) is 3.53. The maximum atomic E-state index is 5.98. The molecule has 1 aliphatic rings. The number of methoxy groups -OCH3 is 1. The SMILES string of the molecule is COc1cccc(C2=C(CC(C)N)CNCCC2)c1. The van der Waals surface area contributed by atoms with Crippen molar-refractivity contribution in [2.45, 2.75) is 32.2 Å². The quantitative estimate of drug-likeness (QED) is 0.874. The van der Waals surface area contributed by atoms with E-state index in [4.69, 9.17) is 10.5 Å². The Bertz CT molecular complexity index is 452.